The quantitative estimate of drug-likeness (QED) is 0.528. The Morgan fingerprint density at radius 2 is 1.96 bits per heavy atom. The molecule has 0 aliphatic rings. The maximum absolute atomic E-state index is 12.6. The molecule has 2 aromatic carbocycles. The number of nitrogens with zero attached hydrogens (tertiary/aromatic N) is 1. The number of hydrogen-bond acceptors (Lipinski definition) is 4. The number of pyridine rings is 1. The predicted molar refractivity (Wildman–Crippen MR) is 111 cm³/mol. The summed E-state index contributed by atoms with van der Waals surface area (Å²) in [5.41, 5.74) is 3.12. The molecule has 0 aliphatic carbocycles. The molecule has 1 N–H and O–H groups in total. The highest BCUT2D eigenvalue weighted by atomic mass is 32.1. The standard InChI is InChI=1S/C22H20N2O2S/c1-3-26-19-7-5-4-6-15(19)13-23-21(25)20-12-17-11-16-10-14(2)8-9-18(16)24-22(17)27-20/h4-12H,3,13H2,1-2H3,(H,23,25). The number of rotatable bonds is 5. The molecule has 4 aromatic rings. The van der Waals surface area contributed by atoms with Crippen molar-refractivity contribution in [3.63, 3.8) is 0 Å². The van der Waals surface area contributed by atoms with Crippen LogP contribution in [-0.2, 0) is 6.54 Å². The van der Waals surface area contributed by atoms with Crippen molar-refractivity contribution in [2.45, 2.75) is 20.4 Å². The number of ether oxygens (including phenoxy) is 1. The van der Waals surface area contributed by atoms with Crippen LogP contribution in [0.15, 0.2) is 54.6 Å². The Balaban J connectivity index is 1.57. The fraction of sp³-hybridized carbons (Fsp3) is 0.182. The third-order valence-electron chi connectivity index (χ3n) is 4.39. The van der Waals surface area contributed by atoms with Crippen LogP contribution in [0, 0.1) is 6.92 Å². The molecule has 0 atom stereocenters. The van der Waals surface area contributed by atoms with E-state index in [1.807, 2.05) is 43.3 Å². The maximum Gasteiger partial charge on any atom is 0.261 e. The average Bonchev–Trinajstić information content (AvgIpc) is 3.08. The summed E-state index contributed by atoms with van der Waals surface area (Å²) in [4.78, 5) is 18.9. The number of carbonyl (C=O) groups excluding carboxylic acids is 1. The number of aromatic nitrogens is 1. The van der Waals surface area contributed by atoms with Crippen molar-refractivity contribution in [1.82, 2.24) is 10.3 Å². The summed E-state index contributed by atoms with van der Waals surface area (Å²) in [5, 5.41) is 5.08. The van der Waals surface area contributed by atoms with Crippen molar-refractivity contribution in [3.05, 3.63) is 70.6 Å². The molecule has 5 heteroatoms. The van der Waals surface area contributed by atoms with E-state index in [4.69, 9.17) is 9.72 Å². The molecule has 27 heavy (non-hydrogen) atoms. The minimum atomic E-state index is -0.0930. The number of hydrogen-bond donors (Lipinski definition) is 1. The van der Waals surface area contributed by atoms with Gasteiger partial charge in [0.05, 0.1) is 17.0 Å². The molecule has 4 nitrogen and oxygen atoms in total. The Morgan fingerprint density at radius 1 is 1.11 bits per heavy atom. The molecule has 136 valence electrons. The van der Waals surface area contributed by atoms with E-state index in [1.54, 1.807) is 0 Å². The summed E-state index contributed by atoms with van der Waals surface area (Å²) >= 11 is 1.42. The first-order chi connectivity index (χ1) is 13.1. The molecule has 0 aliphatic heterocycles. The van der Waals surface area contributed by atoms with E-state index in [0.717, 1.165) is 32.4 Å². The maximum atomic E-state index is 12.6. The number of carbonyl (C=O) groups is 1. The van der Waals surface area contributed by atoms with E-state index < -0.39 is 0 Å². The molecule has 0 saturated carbocycles. The Bertz CT molecular complexity index is 1130. The highest BCUT2D eigenvalue weighted by Crippen LogP contribution is 2.28. The Morgan fingerprint density at radius 3 is 2.81 bits per heavy atom. The van der Waals surface area contributed by atoms with Gasteiger partial charge in [-0.15, -0.1) is 11.3 Å². The van der Waals surface area contributed by atoms with Gasteiger partial charge in [-0.1, -0.05) is 29.8 Å². The fourth-order valence-electron chi connectivity index (χ4n) is 3.08. The molecule has 2 aromatic heterocycles. The Labute approximate surface area is 161 Å². The minimum absolute atomic E-state index is 0.0930. The SMILES string of the molecule is CCOc1ccccc1CNC(=O)c1cc2cc3cc(C)ccc3nc2s1. The zero-order chi connectivity index (χ0) is 18.8. The first kappa shape index (κ1) is 17.5. The smallest absolute Gasteiger partial charge is 0.261 e. The molecule has 0 bridgehead atoms. The van der Waals surface area contributed by atoms with Crippen LogP contribution in [0.1, 0.15) is 27.7 Å². The molecule has 2 heterocycles. The molecule has 1 amide bonds. The molecule has 0 spiro atoms. The summed E-state index contributed by atoms with van der Waals surface area (Å²) < 4.78 is 5.62. The lowest BCUT2D eigenvalue weighted by Gasteiger charge is -2.10. The summed E-state index contributed by atoms with van der Waals surface area (Å²) in [7, 11) is 0. The van der Waals surface area contributed by atoms with Gasteiger partial charge in [-0.05, 0) is 44.2 Å². The second kappa shape index (κ2) is 7.37. The van der Waals surface area contributed by atoms with E-state index in [0.29, 0.717) is 18.0 Å². The molecule has 0 saturated heterocycles. The van der Waals surface area contributed by atoms with Crippen LogP contribution in [0.5, 0.6) is 5.75 Å². The summed E-state index contributed by atoms with van der Waals surface area (Å²) in [6, 6.07) is 18.0. The van der Waals surface area contributed by atoms with Gasteiger partial charge in [-0.2, -0.15) is 0 Å². The monoisotopic (exact) mass is 376 g/mol. The zero-order valence-electron chi connectivity index (χ0n) is 15.3. The summed E-state index contributed by atoms with van der Waals surface area (Å²) in [5.74, 6) is 0.712. The van der Waals surface area contributed by atoms with Crippen molar-refractivity contribution in [3.8, 4) is 5.75 Å². The van der Waals surface area contributed by atoms with Gasteiger partial charge >= 0.3 is 0 Å². The molecule has 4 rings (SSSR count). The predicted octanol–water partition coefficient (Wildman–Crippen LogP) is 5.09. The second-order valence-corrected chi connectivity index (χ2v) is 7.44. The zero-order valence-corrected chi connectivity index (χ0v) is 16.1. The molecular weight excluding hydrogens is 356 g/mol. The van der Waals surface area contributed by atoms with Gasteiger partial charge in [0.1, 0.15) is 10.6 Å². The number of aryl methyl sites for hydroxylation is 1. The van der Waals surface area contributed by atoms with Crippen LogP contribution in [0.2, 0.25) is 0 Å². The fourth-order valence-corrected chi connectivity index (χ4v) is 4.01. The lowest BCUT2D eigenvalue weighted by Crippen LogP contribution is -2.22. The lowest BCUT2D eigenvalue weighted by molar-refractivity contribution is 0.0955. The molecule has 0 unspecified atom stereocenters. The molecular formula is C22H20N2O2S. The van der Waals surface area contributed by atoms with Gasteiger partial charge in [-0.3, -0.25) is 4.79 Å². The van der Waals surface area contributed by atoms with Gasteiger partial charge < -0.3 is 10.1 Å². The number of fused-ring (bicyclic) bond motifs is 2. The van der Waals surface area contributed by atoms with Crippen LogP contribution >= 0.6 is 11.3 Å². The van der Waals surface area contributed by atoms with E-state index in [2.05, 4.69) is 30.4 Å². The summed E-state index contributed by atoms with van der Waals surface area (Å²) in [6.45, 7) is 5.04. The third kappa shape index (κ3) is 3.64. The topological polar surface area (TPSA) is 51.2 Å². The van der Waals surface area contributed by atoms with E-state index in [1.165, 1.54) is 16.9 Å². The van der Waals surface area contributed by atoms with Crippen molar-refractivity contribution in [2.24, 2.45) is 0 Å². The Hall–Kier alpha value is -2.92. The van der Waals surface area contributed by atoms with Crippen molar-refractivity contribution in [1.29, 1.82) is 0 Å². The summed E-state index contributed by atoms with van der Waals surface area (Å²) in [6.07, 6.45) is 0. The van der Waals surface area contributed by atoms with Crippen LogP contribution < -0.4 is 10.1 Å². The average molecular weight is 376 g/mol. The van der Waals surface area contributed by atoms with Crippen LogP contribution in [-0.4, -0.2) is 17.5 Å². The van der Waals surface area contributed by atoms with E-state index >= 15 is 0 Å². The van der Waals surface area contributed by atoms with Crippen LogP contribution in [0.25, 0.3) is 21.1 Å². The number of para-hydroxylation sites is 1. The third-order valence-corrected chi connectivity index (χ3v) is 5.44. The number of thiophene rings is 1. The van der Waals surface area contributed by atoms with Crippen LogP contribution in [0.4, 0.5) is 0 Å². The van der Waals surface area contributed by atoms with Crippen molar-refractivity contribution in [2.75, 3.05) is 6.61 Å². The molecule has 0 fully saturated rings. The van der Waals surface area contributed by atoms with E-state index in [-0.39, 0.29) is 5.91 Å². The van der Waals surface area contributed by atoms with Gasteiger partial charge in [0.25, 0.3) is 5.91 Å². The van der Waals surface area contributed by atoms with Crippen LogP contribution in [0.3, 0.4) is 0 Å². The highest BCUT2D eigenvalue weighted by molar-refractivity contribution is 7.20. The number of nitrogens with one attached hydrogen (secondary N) is 1. The molecule has 0 radical (unpaired) electrons. The van der Waals surface area contributed by atoms with Gasteiger partial charge in [0, 0.05) is 22.9 Å². The van der Waals surface area contributed by atoms with E-state index in [9.17, 15) is 4.79 Å². The minimum Gasteiger partial charge on any atom is -0.494 e. The van der Waals surface area contributed by atoms with Gasteiger partial charge in [-0.25, -0.2) is 4.98 Å². The van der Waals surface area contributed by atoms with Gasteiger partial charge in [0.2, 0.25) is 0 Å². The second-order valence-electron chi connectivity index (χ2n) is 6.41. The van der Waals surface area contributed by atoms with Crippen molar-refractivity contribution >= 4 is 38.4 Å². The lowest BCUT2D eigenvalue weighted by atomic mass is 10.1. The first-order valence-corrected chi connectivity index (χ1v) is 9.75. The van der Waals surface area contributed by atoms with Crippen molar-refractivity contribution < 1.29 is 9.53 Å². The number of benzene rings is 2. The first-order valence-electron chi connectivity index (χ1n) is 8.94. The normalized spacial score (nSPS) is 11.0. The number of amides is 1. The highest BCUT2D eigenvalue weighted by Gasteiger charge is 2.13. The largest absolute Gasteiger partial charge is 0.494 e. The van der Waals surface area contributed by atoms with Gasteiger partial charge in [0.15, 0.2) is 0 Å². The Kier molecular flexibility index (Phi) is 4.77.